The van der Waals surface area contributed by atoms with Crippen molar-refractivity contribution in [3.63, 3.8) is 0 Å². The molecule has 2 heteroatoms. The molecule has 14 heavy (non-hydrogen) atoms. The van der Waals surface area contributed by atoms with E-state index in [2.05, 4.69) is 22.4 Å². The van der Waals surface area contributed by atoms with Gasteiger partial charge in [0.2, 0.25) is 0 Å². The Balaban J connectivity index is 1.93. The van der Waals surface area contributed by atoms with Crippen molar-refractivity contribution in [1.29, 1.82) is 0 Å². The number of hydrogen-bond acceptors (Lipinski definition) is 2. The second-order valence-corrected chi connectivity index (χ2v) is 4.12. The molecule has 0 amide bonds. The molecule has 1 aromatic rings. The average molecular weight is 186 g/mol. The SMILES string of the molecule is C1=C(c2cccnc2)[C@H]2NCC[C@H]2C1. The molecule has 3 rings (SSSR count). The molecular weight excluding hydrogens is 172 g/mol. The van der Waals surface area contributed by atoms with Crippen molar-refractivity contribution in [2.75, 3.05) is 6.54 Å². The fourth-order valence-electron chi connectivity index (χ4n) is 2.61. The molecule has 2 heterocycles. The van der Waals surface area contributed by atoms with Gasteiger partial charge in [-0.2, -0.15) is 0 Å². The van der Waals surface area contributed by atoms with Crippen LogP contribution >= 0.6 is 0 Å². The minimum atomic E-state index is 0.596. The first-order chi connectivity index (χ1) is 6.95. The molecule has 2 aliphatic rings. The Labute approximate surface area is 84.1 Å². The third-order valence-electron chi connectivity index (χ3n) is 3.32. The summed E-state index contributed by atoms with van der Waals surface area (Å²) in [7, 11) is 0. The van der Waals surface area contributed by atoms with Crippen LogP contribution in [0.15, 0.2) is 30.6 Å². The van der Waals surface area contributed by atoms with Gasteiger partial charge in [-0.15, -0.1) is 0 Å². The number of rotatable bonds is 1. The maximum absolute atomic E-state index is 4.17. The monoisotopic (exact) mass is 186 g/mol. The van der Waals surface area contributed by atoms with Gasteiger partial charge >= 0.3 is 0 Å². The molecular formula is C12H14N2. The molecule has 0 aromatic carbocycles. The summed E-state index contributed by atoms with van der Waals surface area (Å²) in [6, 6.07) is 4.76. The number of aromatic nitrogens is 1. The maximum atomic E-state index is 4.17. The lowest BCUT2D eigenvalue weighted by Gasteiger charge is -2.14. The van der Waals surface area contributed by atoms with Crippen LogP contribution in [0.5, 0.6) is 0 Å². The number of allylic oxidation sites excluding steroid dienone is 1. The Hall–Kier alpha value is -1.15. The van der Waals surface area contributed by atoms with E-state index in [-0.39, 0.29) is 0 Å². The van der Waals surface area contributed by atoms with Crippen LogP contribution in [0, 0.1) is 5.92 Å². The minimum Gasteiger partial charge on any atom is -0.310 e. The third-order valence-corrected chi connectivity index (χ3v) is 3.32. The van der Waals surface area contributed by atoms with E-state index in [1.54, 1.807) is 0 Å². The molecule has 2 atom stereocenters. The first-order valence-electron chi connectivity index (χ1n) is 5.29. The number of pyridine rings is 1. The van der Waals surface area contributed by atoms with Gasteiger partial charge in [0.05, 0.1) is 0 Å². The van der Waals surface area contributed by atoms with Crippen LogP contribution in [-0.2, 0) is 0 Å². The predicted molar refractivity (Wildman–Crippen MR) is 56.7 cm³/mol. The van der Waals surface area contributed by atoms with Gasteiger partial charge in [-0.05, 0) is 42.5 Å². The molecule has 1 aliphatic heterocycles. The van der Waals surface area contributed by atoms with E-state index in [0.29, 0.717) is 6.04 Å². The van der Waals surface area contributed by atoms with E-state index >= 15 is 0 Å². The number of fused-ring (bicyclic) bond motifs is 1. The molecule has 0 spiro atoms. The van der Waals surface area contributed by atoms with Gasteiger partial charge < -0.3 is 5.32 Å². The highest BCUT2D eigenvalue weighted by atomic mass is 15.0. The predicted octanol–water partition coefficient (Wildman–Crippen LogP) is 1.85. The van der Waals surface area contributed by atoms with E-state index in [1.165, 1.54) is 30.5 Å². The van der Waals surface area contributed by atoms with Crippen LogP contribution in [0.1, 0.15) is 18.4 Å². The molecule has 0 bridgehead atoms. The van der Waals surface area contributed by atoms with Crippen LogP contribution in [-0.4, -0.2) is 17.6 Å². The van der Waals surface area contributed by atoms with Crippen molar-refractivity contribution in [2.24, 2.45) is 5.92 Å². The minimum absolute atomic E-state index is 0.596. The molecule has 0 saturated carbocycles. The molecule has 2 nitrogen and oxygen atoms in total. The molecule has 72 valence electrons. The van der Waals surface area contributed by atoms with Crippen molar-refractivity contribution < 1.29 is 0 Å². The molecule has 1 aliphatic carbocycles. The molecule has 1 fully saturated rings. The molecule has 1 N–H and O–H groups in total. The van der Waals surface area contributed by atoms with Crippen LogP contribution < -0.4 is 5.32 Å². The molecule has 0 unspecified atom stereocenters. The van der Waals surface area contributed by atoms with Gasteiger partial charge in [-0.3, -0.25) is 4.98 Å². The highest BCUT2D eigenvalue weighted by Gasteiger charge is 2.33. The standard InChI is InChI=1S/C12H14N2/c1-2-10(8-13-6-1)11-4-3-9-5-7-14-12(9)11/h1-2,4,6,8-9,12,14H,3,5,7H2/t9-,12+/m1/s1. The second-order valence-electron chi connectivity index (χ2n) is 4.12. The Morgan fingerprint density at radius 1 is 1.43 bits per heavy atom. The zero-order chi connectivity index (χ0) is 9.38. The van der Waals surface area contributed by atoms with Crippen LogP contribution in [0.3, 0.4) is 0 Å². The number of hydrogen-bond donors (Lipinski definition) is 1. The Morgan fingerprint density at radius 3 is 3.29 bits per heavy atom. The zero-order valence-corrected chi connectivity index (χ0v) is 8.11. The van der Waals surface area contributed by atoms with Crippen molar-refractivity contribution >= 4 is 5.57 Å². The zero-order valence-electron chi connectivity index (χ0n) is 8.11. The van der Waals surface area contributed by atoms with Crippen molar-refractivity contribution in [1.82, 2.24) is 10.3 Å². The van der Waals surface area contributed by atoms with Gasteiger partial charge in [0.25, 0.3) is 0 Å². The average Bonchev–Trinajstić information content (AvgIpc) is 2.79. The summed E-state index contributed by atoms with van der Waals surface area (Å²) in [5.74, 6) is 0.838. The van der Waals surface area contributed by atoms with E-state index in [0.717, 1.165) is 5.92 Å². The number of nitrogens with one attached hydrogen (secondary N) is 1. The lowest BCUT2D eigenvalue weighted by Crippen LogP contribution is -2.24. The van der Waals surface area contributed by atoms with Crippen molar-refractivity contribution in [3.05, 3.63) is 36.2 Å². The molecule has 1 aromatic heterocycles. The van der Waals surface area contributed by atoms with E-state index in [1.807, 2.05) is 18.5 Å². The van der Waals surface area contributed by atoms with Gasteiger partial charge in [0.15, 0.2) is 0 Å². The Kier molecular flexibility index (Phi) is 1.88. The first-order valence-corrected chi connectivity index (χ1v) is 5.29. The quantitative estimate of drug-likeness (QED) is 0.724. The van der Waals surface area contributed by atoms with E-state index < -0.39 is 0 Å². The first kappa shape index (κ1) is 8.18. The summed E-state index contributed by atoms with van der Waals surface area (Å²) in [5.41, 5.74) is 2.75. The van der Waals surface area contributed by atoms with Gasteiger partial charge in [-0.1, -0.05) is 12.1 Å². The largest absolute Gasteiger partial charge is 0.310 e. The van der Waals surface area contributed by atoms with E-state index in [9.17, 15) is 0 Å². The molecule has 0 radical (unpaired) electrons. The summed E-state index contributed by atoms with van der Waals surface area (Å²) < 4.78 is 0. The lowest BCUT2D eigenvalue weighted by molar-refractivity contribution is 0.557. The highest BCUT2D eigenvalue weighted by Crippen LogP contribution is 2.36. The van der Waals surface area contributed by atoms with Crippen molar-refractivity contribution in [3.8, 4) is 0 Å². The summed E-state index contributed by atoms with van der Waals surface area (Å²) in [4.78, 5) is 4.17. The lowest BCUT2D eigenvalue weighted by atomic mass is 9.97. The Morgan fingerprint density at radius 2 is 2.43 bits per heavy atom. The summed E-state index contributed by atoms with van der Waals surface area (Å²) in [5, 5.41) is 3.57. The van der Waals surface area contributed by atoms with Crippen LogP contribution in [0.2, 0.25) is 0 Å². The number of nitrogens with zero attached hydrogens (tertiary/aromatic N) is 1. The maximum Gasteiger partial charge on any atom is 0.0355 e. The fraction of sp³-hybridized carbons (Fsp3) is 0.417. The normalized spacial score (nSPS) is 30.1. The Bertz CT molecular complexity index is 356. The fourth-order valence-corrected chi connectivity index (χ4v) is 2.61. The van der Waals surface area contributed by atoms with Crippen LogP contribution in [0.4, 0.5) is 0 Å². The third kappa shape index (κ3) is 1.18. The van der Waals surface area contributed by atoms with E-state index in [4.69, 9.17) is 0 Å². The summed E-state index contributed by atoms with van der Waals surface area (Å²) in [6.07, 6.45) is 8.73. The second kappa shape index (κ2) is 3.21. The van der Waals surface area contributed by atoms with Gasteiger partial charge in [0.1, 0.15) is 0 Å². The van der Waals surface area contributed by atoms with Crippen LogP contribution in [0.25, 0.3) is 5.57 Å². The summed E-state index contributed by atoms with van der Waals surface area (Å²) in [6.45, 7) is 1.17. The molecule has 1 saturated heterocycles. The van der Waals surface area contributed by atoms with Gasteiger partial charge in [0, 0.05) is 18.4 Å². The van der Waals surface area contributed by atoms with Crippen molar-refractivity contribution in [2.45, 2.75) is 18.9 Å². The topological polar surface area (TPSA) is 24.9 Å². The smallest absolute Gasteiger partial charge is 0.0355 e. The van der Waals surface area contributed by atoms with Gasteiger partial charge in [-0.25, -0.2) is 0 Å². The highest BCUT2D eigenvalue weighted by molar-refractivity contribution is 5.71. The summed E-state index contributed by atoms with van der Waals surface area (Å²) >= 11 is 0.